The third-order valence-corrected chi connectivity index (χ3v) is 2.16. The van der Waals surface area contributed by atoms with E-state index in [1.165, 1.54) is 6.08 Å². The third kappa shape index (κ3) is 3.49. The lowest BCUT2D eigenvalue weighted by Gasteiger charge is -2.09. The number of benzene rings is 1. The van der Waals surface area contributed by atoms with Gasteiger partial charge in [0.05, 0.1) is 16.1 Å². The highest BCUT2D eigenvalue weighted by molar-refractivity contribution is 6.33. The maximum absolute atomic E-state index is 12.3. The molecule has 0 bridgehead atoms. The second kappa shape index (κ2) is 5.23. The fourth-order valence-electron chi connectivity index (χ4n) is 1.07. The van der Waals surface area contributed by atoms with Crippen LogP contribution in [0.15, 0.2) is 30.9 Å². The van der Waals surface area contributed by atoms with Crippen LogP contribution in [0.25, 0.3) is 0 Å². The van der Waals surface area contributed by atoms with Crippen molar-refractivity contribution in [3.63, 3.8) is 0 Å². The van der Waals surface area contributed by atoms with Crippen molar-refractivity contribution in [1.29, 1.82) is 0 Å². The summed E-state index contributed by atoms with van der Waals surface area (Å²) in [6, 6.07) is 2.44. The highest BCUT2D eigenvalue weighted by Crippen LogP contribution is 2.32. The van der Waals surface area contributed by atoms with Gasteiger partial charge in [-0.3, -0.25) is 0 Å². The Morgan fingerprint density at radius 3 is 2.59 bits per heavy atom. The predicted octanol–water partition coefficient (Wildman–Crippen LogP) is 3.70. The largest absolute Gasteiger partial charge is 0.458 e. The van der Waals surface area contributed by atoms with Crippen LogP contribution in [0.2, 0.25) is 5.02 Å². The summed E-state index contributed by atoms with van der Waals surface area (Å²) >= 11 is 5.58. The Bertz CT molecular complexity index is 441. The topological polar surface area (TPSA) is 26.3 Å². The van der Waals surface area contributed by atoms with Crippen LogP contribution >= 0.6 is 11.6 Å². The zero-order valence-electron chi connectivity index (χ0n) is 8.55. The van der Waals surface area contributed by atoms with E-state index in [2.05, 4.69) is 11.3 Å². The van der Waals surface area contributed by atoms with Gasteiger partial charge in [0.25, 0.3) is 0 Å². The first kappa shape index (κ1) is 13.6. The van der Waals surface area contributed by atoms with E-state index in [0.29, 0.717) is 6.07 Å². The molecule has 17 heavy (non-hydrogen) atoms. The minimum Gasteiger partial charge on any atom is -0.458 e. The number of hydrogen-bond acceptors (Lipinski definition) is 2. The summed E-state index contributed by atoms with van der Waals surface area (Å²) in [6.45, 7) is 3.30. The van der Waals surface area contributed by atoms with Gasteiger partial charge in [0.1, 0.15) is 6.61 Å². The van der Waals surface area contributed by atoms with Crippen LogP contribution in [0.4, 0.5) is 13.2 Å². The minimum atomic E-state index is -4.49. The Morgan fingerprint density at radius 1 is 1.47 bits per heavy atom. The van der Waals surface area contributed by atoms with Crippen molar-refractivity contribution in [1.82, 2.24) is 0 Å². The van der Waals surface area contributed by atoms with E-state index in [1.54, 1.807) is 0 Å². The molecule has 0 unspecified atom stereocenters. The quantitative estimate of drug-likeness (QED) is 0.615. The standard InChI is InChI=1S/C11H8ClF3O2/c1-2-5-17-10(16)8-4-3-7(6-9(8)12)11(13,14)15/h2-4,6H,1,5H2. The molecule has 0 aliphatic carbocycles. The SMILES string of the molecule is C=CCOC(=O)c1ccc(C(F)(F)F)cc1Cl. The monoisotopic (exact) mass is 264 g/mol. The van der Waals surface area contributed by atoms with Crippen LogP contribution in [0, 0.1) is 0 Å². The number of carbonyl (C=O) groups excluding carboxylic acids is 1. The summed E-state index contributed by atoms with van der Waals surface area (Å²) in [5.41, 5.74) is -1.02. The van der Waals surface area contributed by atoms with Crippen LogP contribution in [-0.4, -0.2) is 12.6 Å². The predicted molar refractivity (Wildman–Crippen MR) is 56.9 cm³/mol. The van der Waals surface area contributed by atoms with Crippen LogP contribution in [-0.2, 0) is 10.9 Å². The molecule has 1 aromatic carbocycles. The Kier molecular flexibility index (Phi) is 4.17. The van der Waals surface area contributed by atoms with Gasteiger partial charge in [-0.1, -0.05) is 24.3 Å². The molecule has 0 aliphatic rings. The molecule has 0 fully saturated rings. The van der Waals surface area contributed by atoms with Crippen molar-refractivity contribution in [3.8, 4) is 0 Å². The summed E-state index contributed by atoms with van der Waals surface area (Å²) in [6.07, 6.45) is -3.15. The second-order valence-electron chi connectivity index (χ2n) is 3.08. The van der Waals surface area contributed by atoms with E-state index in [1.807, 2.05) is 0 Å². The lowest BCUT2D eigenvalue weighted by molar-refractivity contribution is -0.137. The summed E-state index contributed by atoms with van der Waals surface area (Å²) in [7, 11) is 0. The van der Waals surface area contributed by atoms with Crippen molar-refractivity contribution in [2.45, 2.75) is 6.18 Å². The second-order valence-corrected chi connectivity index (χ2v) is 3.49. The summed E-state index contributed by atoms with van der Waals surface area (Å²) in [4.78, 5) is 11.3. The first-order valence-electron chi connectivity index (χ1n) is 4.51. The van der Waals surface area contributed by atoms with Crippen LogP contribution in [0.3, 0.4) is 0 Å². The Morgan fingerprint density at radius 2 is 2.12 bits per heavy atom. The van der Waals surface area contributed by atoms with E-state index in [0.717, 1.165) is 12.1 Å². The number of alkyl halides is 3. The molecule has 2 nitrogen and oxygen atoms in total. The summed E-state index contributed by atoms with van der Waals surface area (Å²) in [5.74, 6) is -0.788. The zero-order valence-corrected chi connectivity index (χ0v) is 9.31. The van der Waals surface area contributed by atoms with Crippen LogP contribution < -0.4 is 0 Å². The first-order chi connectivity index (χ1) is 7.86. The molecule has 92 valence electrons. The number of ether oxygens (including phenoxy) is 1. The maximum atomic E-state index is 12.3. The fraction of sp³-hybridized carbons (Fsp3) is 0.182. The number of esters is 1. The molecule has 0 spiro atoms. The molecule has 0 atom stereocenters. The number of carbonyl (C=O) groups is 1. The van der Waals surface area contributed by atoms with Gasteiger partial charge in [0.2, 0.25) is 0 Å². The van der Waals surface area contributed by atoms with Gasteiger partial charge in [-0.2, -0.15) is 13.2 Å². The highest BCUT2D eigenvalue weighted by atomic mass is 35.5. The summed E-state index contributed by atoms with van der Waals surface area (Å²) in [5, 5.41) is -0.297. The molecule has 6 heteroatoms. The first-order valence-corrected chi connectivity index (χ1v) is 4.89. The molecule has 1 aromatic rings. The van der Waals surface area contributed by atoms with Crippen LogP contribution in [0.5, 0.6) is 0 Å². The van der Waals surface area contributed by atoms with Gasteiger partial charge in [0, 0.05) is 0 Å². The van der Waals surface area contributed by atoms with E-state index in [4.69, 9.17) is 11.6 Å². The lowest BCUT2D eigenvalue weighted by Crippen LogP contribution is -2.09. The van der Waals surface area contributed by atoms with E-state index < -0.39 is 17.7 Å². The van der Waals surface area contributed by atoms with E-state index in [-0.39, 0.29) is 17.2 Å². The van der Waals surface area contributed by atoms with E-state index >= 15 is 0 Å². The zero-order chi connectivity index (χ0) is 13.1. The van der Waals surface area contributed by atoms with Crippen molar-refractivity contribution >= 4 is 17.6 Å². The Hall–Kier alpha value is -1.49. The van der Waals surface area contributed by atoms with Gasteiger partial charge in [-0.05, 0) is 18.2 Å². The number of halogens is 4. The van der Waals surface area contributed by atoms with Gasteiger partial charge >= 0.3 is 12.1 Å². The highest BCUT2D eigenvalue weighted by Gasteiger charge is 2.31. The molecule has 0 amide bonds. The molecule has 0 aromatic heterocycles. The van der Waals surface area contributed by atoms with Gasteiger partial charge in [0.15, 0.2) is 0 Å². The Labute approximate surface area is 101 Å². The number of hydrogen-bond donors (Lipinski definition) is 0. The fourth-order valence-corrected chi connectivity index (χ4v) is 1.33. The van der Waals surface area contributed by atoms with Crippen LogP contribution in [0.1, 0.15) is 15.9 Å². The maximum Gasteiger partial charge on any atom is 0.416 e. The smallest absolute Gasteiger partial charge is 0.416 e. The Balaban J connectivity index is 2.98. The van der Waals surface area contributed by atoms with Gasteiger partial charge in [-0.15, -0.1) is 0 Å². The third-order valence-electron chi connectivity index (χ3n) is 1.85. The van der Waals surface area contributed by atoms with Gasteiger partial charge in [-0.25, -0.2) is 4.79 Å². The number of rotatable bonds is 3. The molecule has 1 rings (SSSR count). The molecular formula is C11H8ClF3O2. The van der Waals surface area contributed by atoms with Crippen molar-refractivity contribution in [3.05, 3.63) is 47.0 Å². The molecule has 0 N–H and O–H groups in total. The summed E-state index contributed by atoms with van der Waals surface area (Å²) < 4.78 is 41.6. The molecule has 0 saturated heterocycles. The van der Waals surface area contributed by atoms with Gasteiger partial charge < -0.3 is 4.74 Å². The van der Waals surface area contributed by atoms with E-state index in [9.17, 15) is 18.0 Å². The van der Waals surface area contributed by atoms with Crippen molar-refractivity contribution < 1.29 is 22.7 Å². The minimum absolute atomic E-state index is 0.0316. The van der Waals surface area contributed by atoms with Crippen molar-refractivity contribution in [2.75, 3.05) is 6.61 Å². The average molecular weight is 265 g/mol. The molecular weight excluding hydrogens is 257 g/mol. The molecule has 0 saturated carbocycles. The normalized spacial score (nSPS) is 11.1. The molecule has 0 heterocycles. The molecule has 0 radical (unpaired) electrons. The molecule has 0 aliphatic heterocycles. The average Bonchev–Trinajstić information content (AvgIpc) is 2.24. The van der Waals surface area contributed by atoms with Crippen molar-refractivity contribution in [2.24, 2.45) is 0 Å². The lowest BCUT2D eigenvalue weighted by atomic mass is 10.1.